The van der Waals surface area contributed by atoms with Crippen LogP contribution < -0.4 is 5.32 Å². The van der Waals surface area contributed by atoms with E-state index in [1.54, 1.807) is 12.1 Å². The van der Waals surface area contributed by atoms with E-state index >= 15 is 0 Å². The van der Waals surface area contributed by atoms with Crippen LogP contribution in [0, 0.1) is 0 Å². The molecule has 0 saturated carbocycles. The summed E-state index contributed by atoms with van der Waals surface area (Å²) in [4.78, 5) is 14.8. The molecule has 7 nitrogen and oxygen atoms in total. The van der Waals surface area contributed by atoms with E-state index in [4.69, 9.17) is 4.74 Å². The average Bonchev–Trinajstić information content (AvgIpc) is 3.16. The number of rotatable bonds is 7. The van der Waals surface area contributed by atoms with Crippen molar-refractivity contribution in [1.82, 2.24) is 14.5 Å². The molecule has 1 aromatic carbocycles. The van der Waals surface area contributed by atoms with Crippen LogP contribution in [0.1, 0.15) is 24.8 Å². The van der Waals surface area contributed by atoms with E-state index in [2.05, 4.69) is 5.32 Å². The number of carbonyl (C=O) groups is 1. The molecule has 2 heterocycles. The number of morpholine rings is 1. The predicted octanol–water partition coefficient (Wildman–Crippen LogP) is 1.27. The summed E-state index contributed by atoms with van der Waals surface area (Å²) in [7, 11) is -1.56. The van der Waals surface area contributed by atoms with Crippen LogP contribution in [0.3, 0.4) is 0 Å². The Morgan fingerprint density at radius 3 is 2.50 bits per heavy atom. The Labute approximate surface area is 173 Å². The molecule has 2 aliphatic heterocycles. The van der Waals surface area contributed by atoms with E-state index in [0.29, 0.717) is 50.1 Å². The molecule has 0 aliphatic carbocycles. The van der Waals surface area contributed by atoms with Gasteiger partial charge in [-0.2, -0.15) is 4.31 Å². The number of benzene rings is 1. The topological polar surface area (TPSA) is 79.0 Å². The average molecular weight is 432 g/mol. The van der Waals surface area contributed by atoms with Crippen molar-refractivity contribution >= 4 is 28.3 Å². The Hall–Kier alpha value is -1.19. The summed E-state index contributed by atoms with van der Waals surface area (Å²) < 4.78 is 32.0. The van der Waals surface area contributed by atoms with E-state index < -0.39 is 10.0 Å². The molecule has 0 bridgehead atoms. The number of hydrogen-bond donors (Lipinski definition) is 1. The number of halogens is 1. The van der Waals surface area contributed by atoms with Gasteiger partial charge < -0.3 is 15.0 Å². The van der Waals surface area contributed by atoms with Gasteiger partial charge in [-0.25, -0.2) is 8.42 Å². The maximum absolute atomic E-state index is 12.6. The molecule has 2 aliphatic rings. The minimum absolute atomic E-state index is 0. The molecule has 0 aromatic heterocycles. The molecule has 9 heteroatoms. The first kappa shape index (κ1) is 23.1. The largest absolute Gasteiger partial charge is 0.379 e. The van der Waals surface area contributed by atoms with Crippen LogP contribution in [-0.2, 0) is 26.0 Å². The monoisotopic (exact) mass is 431 g/mol. The van der Waals surface area contributed by atoms with Crippen molar-refractivity contribution in [3.8, 4) is 0 Å². The van der Waals surface area contributed by atoms with Gasteiger partial charge in [-0.05, 0) is 44.0 Å². The van der Waals surface area contributed by atoms with Crippen molar-refractivity contribution < 1.29 is 17.9 Å². The fourth-order valence-corrected chi connectivity index (χ4v) is 5.18. The van der Waals surface area contributed by atoms with Gasteiger partial charge in [0.25, 0.3) is 0 Å². The molecule has 0 spiro atoms. The van der Waals surface area contributed by atoms with Crippen LogP contribution in [0.4, 0.5) is 0 Å². The molecule has 2 saturated heterocycles. The van der Waals surface area contributed by atoms with Crippen molar-refractivity contribution in [2.75, 3.05) is 46.4 Å². The maximum atomic E-state index is 12.6. The van der Waals surface area contributed by atoms with Gasteiger partial charge in [0, 0.05) is 38.6 Å². The van der Waals surface area contributed by atoms with E-state index in [-0.39, 0.29) is 18.3 Å². The zero-order chi connectivity index (χ0) is 19.3. The van der Waals surface area contributed by atoms with Crippen molar-refractivity contribution in [2.24, 2.45) is 0 Å². The van der Waals surface area contributed by atoms with Crippen molar-refractivity contribution in [1.29, 1.82) is 0 Å². The van der Waals surface area contributed by atoms with Crippen molar-refractivity contribution in [3.63, 3.8) is 0 Å². The lowest BCUT2D eigenvalue weighted by Gasteiger charge is -2.26. The number of nitrogens with one attached hydrogen (secondary N) is 1. The van der Waals surface area contributed by atoms with Gasteiger partial charge in [-0.15, -0.1) is 12.4 Å². The number of ether oxygens (including phenoxy) is 1. The lowest BCUT2D eigenvalue weighted by Crippen LogP contribution is -2.41. The highest BCUT2D eigenvalue weighted by atomic mass is 35.5. The van der Waals surface area contributed by atoms with Gasteiger partial charge in [0.2, 0.25) is 15.9 Å². The number of likely N-dealkylation sites (N-methyl/N-ethyl adjacent to an activating group) is 1. The molecule has 28 heavy (non-hydrogen) atoms. The van der Waals surface area contributed by atoms with Gasteiger partial charge in [-0.3, -0.25) is 4.79 Å². The van der Waals surface area contributed by atoms with E-state index in [1.807, 2.05) is 24.1 Å². The van der Waals surface area contributed by atoms with E-state index in [9.17, 15) is 13.2 Å². The Morgan fingerprint density at radius 2 is 1.86 bits per heavy atom. The number of aryl methyl sites for hydroxylation is 1. The second kappa shape index (κ2) is 10.5. The first-order chi connectivity index (χ1) is 13.0. The Kier molecular flexibility index (Phi) is 8.70. The van der Waals surface area contributed by atoms with Crippen molar-refractivity contribution in [2.45, 2.75) is 36.6 Å². The van der Waals surface area contributed by atoms with Gasteiger partial charge in [0.15, 0.2) is 0 Å². The number of likely N-dealkylation sites (tertiary alicyclic amines) is 1. The summed E-state index contributed by atoms with van der Waals surface area (Å²) in [6, 6.07) is 7.21. The third kappa shape index (κ3) is 5.45. The molecular formula is C19H30ClN3O4S. The highest BCUT2D eigenvalue weighted by Crippen LogP contribution is 2.20. The minimum Gasteiger partial charge on any atom is -0.379 e. The van der Waals surface area contributed by atoms with Crippen LogP contribution in [0.15, 0.2) is 29.2 Å². The number of carbonyl (C=O) groups excluding carboxylic acids is 1. The minimum atomic E-state index is -3.47. The first-order valence-electron chi connectivity index (χ1n) is 9.63. The summed E-state index contributed by atoms with van der Waals surface area (Å²) in [6.45, 7) is 3.32. The number of nitrogens with zero attached hydrogens (tertiary/aromatic N) is 2. The molecule has 1 unspecified atom stereocenters. The highest BCUT2D eigenvalue weighted by Gasteiger charge is 2.28. The van der Waals surface area contributed by atoms with Crippen LogP contribution >= 0.6 is 12.4 Å². The quantitative estimate of drug-likeness (QED) is 0.703. The summed E-state index contributed by atoms with van der Waals surface area (Å²) in [5.74, 6) is 0.178. The molecule has 3 rings (SSSR count). The molecule has 1 N–H and O–H groups in total. The summed E-state index contributed by atoms with van der Waals surface area (Å²) >= 11 is 0. The molecule has 0 radical (unpaired) electrons. The third-order valence-corrected chi connectivity index (χ3v) is 7.21. The highest BCUT2D eigenvalue weighted by molar-refractivity contribution is 7.89. The number of sulfonamides is 1. The smallest absolute Gasteiger partial charge is 0.243 e. The van der Waals surface area contributed by atoms with Crippen molar-refractivity contribution in [3.05, 3.63) is 29.8 Å². The first-order valence-corrected chi connectivity index (χ1v) is 11.1. The lowest BCUT2D eigenvalue weighted by molar-refractivity contribution is -0.131. The summed E-state index contributed by atoms with van der Waals surface area (Å²) in [5.41, 5.74) is 0.980. The van der Waals surface area contributed by atoms with Crippen LogP contribution in [-0.4, -0.2) is 76.0 Å². The number of hydrogen-bond acceptors (Lipinski definition) is 5. The molecule has 1 aromatic rings. The van der Waals surface area contributed by atoms with Gasteiger partial charge in [-0.1, -0.05) is 12.1 Å². The summed E-state index contributed by atoms with van der Waals surface area (Å²) in [6.07, 6.45) is 3.20. The Balaban J connectivity index is 0.00000280. The molecule has 2 fully saturated rings. The van der Waals surface area contributed by atoms with E-state index in [1.165, 1.54) is 4.31 Å². The van der Waals surface area contributed by atoms with Gasteiger partial charge in [0.1, 0.15) is 0 Å². The van der Waals surface area contributed by atoms with Crippen LogP contribution in [0.5, 0.6) is 0 Å². The standard InChI is InChI=1S/C19H29N3O4S.ClH/c1-20-15-17-3-2-10-22(17)19(23)9-6-16-4-7-18(8-5-16)27(24,25)21-11-13-26-14-12-21;/h4-5,7-8,17,20H,2-3,6,9-15H2,1H3;1H. The van der Waals surface area contributed by atoms with Crippen LogP contribution in [0.25, 0.3) is 0 Å². The Morgan fingerprint density at radius 1 is 1.18 bits per heavy atom. The van der Waals surface area contributed by atoms with Gasteiger partial charge >= 0.3 is 0 Å². The lowest BCUT2D eigenvalue weighted by atomic mass is 10.1. The predicted molar refractivity (Wildman–Crippen MR) is 110 cm³/mol. The summed E-state index contributed by atoms with van der Waals surface area (Å²) in [5, 5.41) is 3.15. The molecule has 1 atom stereocenters. The fraction of sp³-hybridized carbons (Fsp3) is 0.632. The fourth-order valence-electron chi connectivity index (χ4n) is 3.77. The van der Waals surface area contributed by atoms with Crippen LogP contribution in [0.2, 0.25) is 0 Å². The Bertz CT molecular complexity index is 736. The molecule has 158 valence electrons. The normalized spacial score (nSPS) is 20.8. The second-order valence-corrected chi connectivity index (χ2v) is 9.04. The van der Waals surface area contributed by atoms with Gasteiger partial charge in [0.05, 0.1) is 18.1 Å². The van der Waals surface area contributed by atoms with E-state index in [0.717, 1.165) is 31.5 Å². The third-order valence-electron chi connectivity index (χ3n) is 5.30. The molecule has 1 amide bonds. The number of amides is 1. The SMILES string of the molecule is CNCC1CCCN1C(=O)CCc1ccc(S(=O)(=O)N2CCOCC2)cc1.Cl. The maximum Gasteiger partial charge on any atom is 0.243 e. The zero-order valence-electron chi connectivity index (χ0n) is 16.3. The second-order valence-electron chi connectivity index (χ2n) is 7.10. The molecular weight excluding hydrogens is 402 g/mol. The zero-order valence-corrected chi connectivity index (χ0v) is 17.9.